The summed E-state index contributed by atoms with van der Waals surface area (Å²) in [5.41, 5.74) is 0. The van der Waals surface area contributed by atoms with Gasteiger partial charge in [0.05, 0.1) is 0 Å². The summed E-state index contributed by atoms with van der Waals surface area (Å²) in [6, 6.07) is 1.44. The minimum absolute atomic E-state index is 0.678. The summed E-state index contributed by atoms with van der Waals surface area (Å²) >= 11 is 0. The SMILES string of the molecule is C[Si](C)(C)CCP. The third-order valence-electron chi connectivity index (χ3n) is 0.894. The molecule has 0 saturated carbocycles. The van der Waals surface area contributed by atoms with Crippen molar-refractivity contribution in [2.45, 2.75) is 25.7 Å². The molecule has 0 fully saturated rings. The van der Waals surface area contributed by atoms with Gasteiger partial charge in [0.15, 0.2) is 0 Å². The lowest BCUT2D eigenvalue weighted by atomic mass is 11.0. The lowest BCUT2D eigenvalue weighted by Crippen LogP contribution is -2.19. The van der Waals surface area contributed by atoms with Crippen LogP contribution < -0.4 is 0 Å². The standard InChI is InChI=1S/C5H15PSi/c1-7(2,3)5-4-6/h4-6H2,1-3H3. The molecule has 0 N–H and O–H groups in total. The number of hydrogen-bond acceptors (Lipinski definition) is 0. The van der Waals surface area contributed by atoms with E-state index in [4.69, 9.17) is 0 Å². The highest BCUT2D eigenvalue weighted by molar-refractivity contribution is 7.17. The molecule has 1 unspecified atom stereocenters. The van der Waals surface area contributed by atoms with E-state index in [0.717, 1.165) is 0 Å². The zero-order chi connectivity index (χ0) is 5.91. The van der Waals surface area contributed by atoms with E-state index in [1.807, 2.05) is 0 Å². The second-order valence-corrected chi connectivity index (χ2v) is 9.30. The van der Waals surface area contributed by atoms with Crippen molar-refractivity contribution in [3.8, 4) is 0 Å². The third kappa shape index (κ3) is 6.65. The molecule has 44 valence electrons. The average Bonchev–Trinajstić information content (AvgIpc) is 1.30. The van der Waals surface area contributed by atoms with Crippen LogP contribution in [0.4, 0.5) is 0 Å². The normalized spacial score (nSPS) is 12.0. The van der Waals surface area contributed by atoms with Gasteiger partial charge in [-0.2, -0.15) is 0 Å². The van der Waals surface area contributed by atoms with Crippen molar-refractivity contribution >= 4 is 17.3 Å². The van der Waals surface area contributed by atoms with E-state index in [9.17, 15) is 0 Å². The van der Waals surface area contributed by atoms with Crippen LogP contribution in [0.25, 0.3) is 0 Å². The molecule has 0 amide bonds. The fourth-order valence-corrected chi connectivity index (χ4v) is 3.90. The maximum absolute atomic E-state index is 2.78. The van der Waals surface area contributed by atoms with Gasteiger partial charge in [0.2, 0.25) is 0 Å². The van der Waals surface area contributed by atoms with Crippen LogP contribution in [0.5, 0.6) is 0 Å². The van der Waals surface area contributed by atoms with Crippen molar-refractivity contribution in [3.63, 3.8) is 0 Å². The van der Waals surface area contributed by atoms with E-state index in [2.05, 4.69) is 28.9 Å². The Kier molecular flexibility index (Phi) is 3.10. The Morgan fingerprint density at radius 1 is 1.29 bits per heavy atom. The summed E-state index contributed by atoms with van der Waals surface area (Å²) in [6.07, 6.45) is 1.29. The van der Waals surface area contributed by atoms with Gasteiger partial charge in [-0.25, -0.2) is 0 Å². The van der Waals surface area contributed by atoms with Gasteiger partial charge in [0.25, 0.3) is 0 Å². The molecule has 0 saturated heterocycles. The minimum atomic E-state index is -0.678. The number of hydrogen-bond donors (Lipinski definition) is 0. The molecule has 0 rings (SSSR count). The van der Waals surface area contributed by atoms with Crippen LogP contribution in [0.2, 0.25) is 25.7 Å². The Balaban J connectivity index is 3.15. The average molecular weight is 134 g/mol. The van der Waals surface area contributed by atoms with Crippen LogP contribution in [0.15, 0.2) is 0 Å². The Hall–Kier alpha value is 0.647. The predicted octanol–water partition coefficient (Wildman–Crippen LogP) is 2.20. The van der Waals surface area contributed by atoms with Crippen molar-refractivity contribution in [3.05, 3.63) is 0 Å². The predicted molar refractivity (Wildman–Crippen MR) is 42.7 cm³/mol. The van der Waals surface area contributed by atoms with Gasteiger partial charge in [-0.05, 0) is 6.16 Å². The summed E-state index contributed by atoms with van der Waals surface area (Å²) in [5.74, 6) is 0. The van der Waals surface area contributed by atoms with Gasteiger partial charge < -0.3 is 0 Å². The fourth-order valence-electron chi connectivity index (χ4n) is 0.433. The van der Waals surface area contributed by atoms with Crippen LogP contribution >= 0.6 is 9.24 Å². The van der Waals surface area contributed by atoms with Gasteiger partial charge in [0.1, 0.15) is 0 Å². The first-order chi connectivity index (χ1) is 3.06. The summed E-state index contributed by atoms with van der Waals surface area (Å²) in [7, 11) is 2.10. The maximum atomic E-state index is 2.78. The molecule has 1 atom stereocenters. The van der Waals surface area contributed by atoms with E-state index >= 15 is 0 Å². The first kappa shape index (κ1) is 7.65. The maximum Gasteiger partial charge on any atom is 0.0445 e. The molecule has 0 aliphatic heterocycles. The lowest BCUT2D eigenvalue weighted by molar-refractivity contribution is 1.38. The molecule has 0 aromatic rings. The Morgan fingerprint density at radius 2 is 1.71 bits per heavy atom. The van der Waals surface area contributed by atoms with E-state index in [-0.39, 0.29) is 0 Å². The third-order valence-corrected chi connectivity index (χ3v) is 3.55. The van der Waals surface area contributed by atoms with Gasteiger partial charge in [-0.15, -0.1) is 9.24 Å². The highest BCUT2D eigenvalue weighted by Gasteiger charge is 2.09. The van der Waals surface area contributed by atoms with Crippen LogP contribution in [0.1, 0.15) is 0 Å². The molecule has 0 bridgehead atoms. The zero-order valence-electron chi connectivity index (χ0n) is 5.49. The second-order valence-electron chi connectivity index (χ2n) is 3.10. The zero-order valence-corrected chi connectivity index (χ0v) is 7.65. The van der Waals surface area contributed by atoms with Crippen molar-refractivity contribution in [1.82, 2.24) is 0 Å². The van der Waals surface area contributed by atoms with Crippen molar-refractivity contribution in [2.75, 3.05) is 6.16 Å². The highest BCUT2D eigenvalue weighted by atomic mass is 31.0. The smallest absolute Gasteiger partial charge is 0.0445 e. The molecule has 0 aliphatic rings. The van der Waals surface area contributed by atoms with Crippen LogP contribution in [-0.4, -0.2) is 14.2 Å². The van der Waals surface area contributed by atoms with E-state index in [1.165, 1.54) is 12.2 Å². The highest BCUT2D eigenvalue weighted by Crippen LogP contribution is 2.08. The fraction of sp³-hybridized carbons (Fsp3) is 1.00. The van der Waals surface area contributed by atoms with Crippen molar-refractivity contribution in [1.29, 1.82) is 0 Å². The summed E-state index contributed by atoms with van der Waals surface area (Å²) in [5, 5.41) is 0. The molecule has 0 nitrogen and oxygen atoms in total. The largest absolute Gasteiger partial charge is 0.138 e. The van der Waals surface area contributed by atoms with Crippen LogP contribution in [0, 0.1) is 0 Å². The number of rotatable bonds is 2. The lowest BCUT2D eigenvalue weighted by Gasteiger charge is -2.12. The van der Waals surface area contributed by atoms with Gasteiger partial charge in [0, 0.05) is 8.07 Å². The monoisotopic (exact) mass is 134 g/mol. The van der Waals surface area contributed by atoms with Crippen molar-refractivity contribution in [2.24, 2.45) is 0 Å². The van der Waals surface area contributed by atoms with Crippen molar-refractivity contribution < 1.29 is 0 Å². The molecule has 2 heteroatoms. The minimum Gasteiger partial charge on any atom is -0.138 e. The van der Waals surface area contributed by atoms with Gasteiger partial charge >= 0.3 is 0 Å². The molecule has 0 aromatic heterocycles. The quantitative estimate of drug-likeness (QED) is 0.401. The second kappa shape index (κ2) is 2.83. The van der Waals surface area contributed by atoms with Crippen LogP contribution in [-0.2, 0) is 0 Å². The molecule has 0 spiro atoms. The van der Waals surface area contributed by atoms with Crippen LogP contribution in [0.3, 0.4) is 0 Å². The first-order valence-corrected chi connectivity index (χ1v) is 7.29. The summed E-state index contributed by atoms with van der Waals surface area (Å²) < 4.78 is 0. The molecule has 0 aromatic carbocycles. The molecule has 0 radical (unpaired) electrons. The molecular formula is C5H15PSi. The first-order valence-electron chi connectivity index (χ1n) is 2.76. The molecular weight excluding hydrogens is 119 g/mol. The van der Waals surface area contributed by atoms with E-state index in [0.29, 0.717) is 0 Å². The van der Waals surface area contributed by atoms with E-state index in [1.54, 1.807) is 0 Å². The molecule has 0 heterocycles. The Labute approximate surface area is 49.9 Å². The summed E-state index contributed by atoms with van der Waals surface area (Å²) in [6.45, 7) is 7.20. The van der Waals surface area contributed by atoms with Gasteiger partial charge in [-0.1, -0.05) is 25.7 Å². The van der Waals surface area contributed by atoms with Gasteiger partial charge in [-0.3, -0.25) is 0 Å². The molecule has 7 heavy (non-hydrogen) atoms. The topological polar surface area (TPSA) is 0 Å². The van der Waals surface area contributed by atoms with E-state index < -0.39 is 8.07 Å². The molecule has 0 aliphatic carbocycles. The Bertz CT molecular complexity index is 46.5. The summed E-state index contributed by atoms with van der Waals surface area (Å²) in [4.78, 5) is 0. The Morgan fingerprint density at radius 3 is 1.71 bits per heavy atom.